The highest BCUT2D eigenvalue weighted by molar-refractivity contribution is 5.87. The van der Waals surface area contributed by atoms with Crippen molar-refractivity contribution in [1.29, 1.82) is 0 Å². The topological polar surface area (TPSA) is 78.9 Å². The van der Waals surface area contributed by atoms with E-state index in [4.69, 9.17) is 18.9 Å². The number of benzene rings is 2. The maximum absolute atomic E-state index is 12.3. The second-order valence-corrected chi connectivity index (χ2v) is 6.72. The highest BCUT2D eigenvalue weighted by Gasteiger charge is 2.10. The Bertz CT molecular complexity index is 1040. The van der Waals surface area contributed by atoms with Crippen molar-refractivity contribution in [3.8, 4) is 23.0 Å². The summed E-state index contributed by atoms with van der Waals surface area (Å²) in [5.74, 6) is 2.46. The van der Waals surface area contributed by atoms with Crippen LogP contribution >= 0.6 is 0 Å². The molecule has 7 heteroatoms. The van der Waals surface area contributed by atoms with Crippen LogP contribution in [0.2, 0.25) is 0 Å². The summed E-state index contributed by atoms with van der Waals surface area (Å²) >= 11 is 0. The molecular formula is C23H26N2O5. The molecule has 30 heavy (non-hydrogen) atoms. The fraction of sp³-hybridized carbons (Fsp3) is 0.304. The lowest BCUT2D eigenvalue weighted by molar-refractivity contribution is -0.123. The minimum atomic E-state index is -0.194. The molecule has 0 atom stereocenters. The number of amides is 1. The normalized spacial score (nSPS) is 10.5. The molecule has 0 bridgehead atoms. The fourth-order valence-electron chi connectivity index (χ4n) is 3.12. The summed E-state index contributed by atoms with van der Waals surface area (Å²) in [7, 11) is 4.80. The van der Waals surface area contributed by atoms with Crippen molar-refractivity contribution in [3.63, 3.8) is 0 Å². The molecule has 0 radical (unpaired) electrons. The molecule has 158 valence electrons. The first-order valence-corrected chi connectivity index (χ1v) is 9.60. The molecule has 0 spiro atoms. The highest BCUT2D eigenvalue weighted by atomic mass is 16.5. The van der Waals surface area contributed by atoms with Gasteiger partial charge in [0.05, 0.1) is 26.8 Å². The van der Waals surface area contributed by atoms with Gasteiger partial charge in [-0.2, -0.15) is 0 Å². The van der Waals surface area contributed by atoms with Gasteiger partial charge in [0.25, 0.3) is 5.91 Å². The van der Waals surface area contributed by atoms with Gasteiger partial charge in [0.2, 0.25) is 0 Å². The van der Waals surface area contributed by atoms with Gasteiger partial charge in [-0.15, -0.1) is 0 Å². The molecule has 1 amide bonds. The SMILES string of the molecule is COc1ccc2nc(C)cc(OCC(=O)NCCc3ccc(OC)c(OC)c3)c2c1. The number of ether oxygens (including phenoxy) is 4. The quantitative estimate of drug-likeness (QED) is 0.583. The number of methoxy groups -OCH3 is 3. The Morgan fingerprint density at radius 2 is 1.73 bits per heavy atom. The van der Waals surface area contributed by atoms with Crippen LogP contribution < -0.4 is 24.3 Å². The summed E-state index contributed by atoms with van der Waals surface area (Å²) in [6.45, 7) is 2.29. The number of carbonyl (C=O) groups is 1. The molecule has 1 aromatic heterocycles. The van der Waals surface area contributed by atoms with E-state index in [9.17, 15) is 4.79 Å². The summed E-state index contributed by atoms with van der Waals surface area (Å²) in [5.41, 5.74) is 2.65. The largest absolute Gasteiger partial charge is 0.497 e. The molecule has 0 saturated heterocycles. The maximum Gasteiger partial charge on any atom is 0.257 e. The van der Waals surface area contributed by atoms with Crippen LogP contribution in [0, 0.1) is 6.92 Å². The molecule has 0 aliphatic carbocycles. The molecule has 3 aromatic rings. The second kappa shape index (κ2) is 9.82. The zero-order chi connectivity index (χ0) is 21.5. The van der Waals surface area contributed by atoms with Crippen LogP contribution in [0.15, 0.2) is 42.5 Å². The molecule has 0 fully saturated rings. The Morgan fingerprint density at radius 1 is 0.933 bits per heavy atom. The Morgan fingerprint density at radius 3 is 2.47 bits per heavy atom. The first kappa shape index (κ1) is 21.2. The average molecular weight is 410 g/mol. The third kappa shape index (κ3) is 5.11. The lowest BCUT2D eigenvalue weighted by atomic mass is 10.1. The lowest BCUT2D eigenvalue weighted by Gasteiger charge is -2.12. The van der Waals surface area contributed by atoms with Crippen molar-refractivity contribution in [3.05, 3.63) is 53.7 Å². The summed E-state index contributed by atoms with van der Waals surface area (Å²) < 4.78 is 21.6. The van der Waals surface area contributed by atoms with Crippen molar-refractivity contribution in [2.75, 3.05) is 34.5 Å². The van der Waals surface area contributed by atoms with E-state index in [0.29, 0.717) is 36.0 Å². The van der Waals surface area contributed by atoms with Gasteiger partial charge in [0, 0.05) is 23.7 Å². The zero-order valence-electron chi connectivity index (χ0n) is 17.7. The zero-order valence-corrected chi connectivity index (χ0v) is 17.7. The van der Waals surface area contributed by atoms with Gasteiger partial charge in [0.15, 0.2) is 18.1 Å². The van der Waals surface area contributed by atoms with Crippen molar-refractivity contribution in [1.82, 2.24) is 10.3 Å². The highest BCUT2D eigenvalue weighted by Crippen LogP contribution is 2.29. The summed E-state index contributed by atoms with van der Waals surface area (Å²) in [6.07, 6.45) is 0.667. The molecule has 0 saturated carbocycles. The molecule has 2 aromatic carbocycles. The number of nitrogens with one attached hydrogen (secondary N) is 1. The van der Waals surface area contributed by atoms with Crippen LogP contribution in [0.25, 0.3) is 10.9 Å². The smallest absolute Gasteiger partial charge is 0.257 e. The standard InChI is InChI=1S/C23H26N2O5/c1-15-11-21(18-13-17(27-2)6-7-19(18)25-15)30-14-23(26)24-10-9-16-5-8-20(28-3)22(12-16)29-4/h5-8,11-13H,9-10,14H2,1-4H3,(H,24,26). The monoisotopic (exact) mass is 410 g/mol. The Balaban J connectivity index is 1.57. The van der Waals surface area contributed by atoms with Crippen molar-refractivity contribution < 1.29 is 23.7 Å². The van der Waals surface area contributed by atoms with Gasteiger partial charge < -0.3 is 24.3 Å². The third-order valence-corrected chi connectivity index (χ3v) is 4.65. The number of pyridine rings is 1. The number of aromatic nitrogens is 1. The molecule has 3 rings (SSSR count). The van der Waals surface area contributed by atoms with Crippen LogP contribution in [0.5, 0.6) is 23.0 Å². The Kier molecular flexibility index (Phi) is 6.95. The average Bonchev–Trinajstić information content (AvgIpc) is 2.76. The number of carbonyl (C=O) groups excluding carboxylic acids is 1. The van der Waals surface area contributed by atoms with Crippen LogP contribution in [0.4, 0.5) is 0 Å². The summed E-state index contributed by atoms with van der Waals surface area (Å²) in [6, 6.07) is 13.1. The second-order valence-electron chi connectivity index (χ2n) is 6.72. The van der Waals surface area contributed by atoms with Gasteiger partial charge in [-0.1, -0.05) is 6.07 Å². The number of rotatable bonds is 9. The molecular weight excluding hydrogens is 384 g/mol. The summed E-state index contributed by atoms with van der Waals surface area (Å²) in [4.78, 5) is 16.7. The van der Waals surface area contributed by atoms with Crippen LogP contribution in [-0.4, -0.2) is 45.4 Å². The van der Waals surface area contributed by atoms with Crippen LogP contribution in [0.3, 0.4) is 0 Å². The van der Waals surface area contributed by atoms with E-state index in [1.54, 1.807) is 21.3 Å². The van der Waals surface area contributed by atoms with Gasteiger partial charge in [-0.05, 0) is 49.2 Å². The van der Waals surface area contributed by atoms with E-state index < -0.39 is 0 Å². The molecule has 1 heterocycles. The van der Waals surface area contributed by atoms with Gasteiger partial charge in [-0.3, -0.25) is 9.78 Å². The van der Waals surface area contributed by atoms with E-state index >= 15 is 0 Å². The Labute approximate surface area is 175 Å². The molecule has 1 N–H and O–H groups in total. The number of hydrogen-bond acceptors (Lipinski definition) is 6. The minimum Gasteiger partial charge on any atom is -0.497 e. The van der Waals surface area contributed by atoms with Gasteiger partial charge in [0.1, 0.15) is 11.5 Å². The first-order valence-electron chi connectivity index (χ1n) is 9.60. The Hall–Kier alpha value is -3.48. The fourth-order valence-corrected chi connectivity index (χ4v) is 3.12. The van der Waals surface area contributed by atoms with E-state index in [0.717, 1.165) is 22.2 Å². The molecule has 0 unspecified atom stereocenters. The maximum atomic E-state index is 12.3. The lowest BCUT2D eigenvalue weighted by Crippen LogP contribution is -2.30. The number of fused-ring (bicyclic) bond motifs is 1. The van der Waals surface area contributed by atoms with E-state index in [1.165, 1.54) is 0 Å². The van der Waals surface area contributed by atoms with E-state index in [-0.39, 0.29) is 12.5 Å². The number of nitrogens with zero attached hydrogens (tertiary/aromatic N) is 1. The molecule has 0 aliphatic rings. The van der Waals surface area contributed by atoms with Gasteiger partial charge >= 0.3 is 0 Å². The summed E-state index contributed by atoms with van der Waals surface area (Å²) in [5, 5.41) is 3.68. The van der Waals surface area contributed by atoms with Gasteiger partial charge in [-0.25, -0.2) is 0 Å². The van der Waals surface area contributed by atoms with Crippen molar-refractivity contribution in [2.24, 2.45) is 0 Å². The third-order valence-electron chi connectivity index (χ3n) is 4.65. The van der Waals surface area contributed by atoms with E-state index in [2.05, 4.69) is 10.3 Å². The van der Waals surface area contributed by atoms with E-state index in [1.807, 2.05) is 49.4 Å². The number of hydrogen-bond donors (Lipinski definition) is 1. The first-order chi connectivity index (χ1) is 14.5. The predicted octanol–water partition coefficient (Wildman–Crippen LogP) is 3.31. The van der Waals surface area contributed by atoms with Crippen LogP contribution in [0.1, 0.15) is 11.3 Å². The molecule has 7 nitrogen and oxygen atoms in total. The molecule has 0 aliphatic heterocycles. The van der Waals surface area contributed by atoms with Crippen molar-refractivity contribution >= 4 is 16.8 Å². The number of aryl methyl sites for hydroxylation is 1. The van der Waals surface area contributed by atoms with Crippen LogP contribution in [-0.2, 0) is 11.2 Å². The van der Waals surface area contributed by atoms with Crippen molar-refractivity contribution in [2.45, 2.75) is 13.3 Å². The minimum absolute atomic E-state index is 0.0817. The predicted molar refractivity (Wildman–Crippen MR) is 115 cm³/mol.